The lowest BCUT2D eigenvalue weighted by atomic mass is 9.97. The summed E-state index contributed by atoms with van der Waals surface area (Å²) in [6.07, 6.45) is 12.2. The molecule has 2 N–H and O–H groups in total. The number of fused-ring (bicyclic) bond motifs is 3. The number of anilines is 1. The molecule has 0 bridgehead atoms. The van der Waals surface area contributed by atoms with Crippen LogP contribution in [-0.4, -0.2) is 11.5 Å². The van der Waals surface area contributed by atoms with Gasteiger partial charge in [0.05, 0.1) is 0 Å². The van der Waals surface area contributed by atoms with Crippen molar-refractivity contribution in [3.63, 3.8) is 0 Å². The van der Waals surface area contributed by atoms with E-state index in [0.29, 0.717) is 0 Å². The number of H-pyrrole nitrogens is 1. The molecule has 0 unspecified atom stereocenters. The minimum atomic E-state index is 0.883. The summed E-state index contributed by atoms with van der Waals surface area (Å²) >= 11 is 0. The molecule has 2 heteroatoms. The normalized spacial score (nSPS) is 14.8. The summed E-state index contributed by atoms with van der Waals surface area (Å²) in [6.45, 7) is 3.02. The van der Waals surface area contributed by atoms with Crippen molar-refractivity contribution in [2.75, 3.05) is 11.9 Å². The molecule has 0 radical (unpaired) electrons. The maximum absolute atomic E-state index is 3.53. The number of hydrogen-bond donors (Lipinski definition) is 2. The molecule has 2 aromatic carbocycles. The summed E-state index contributed by atoms with van der Waals surface area (Å²) in [7, 11) is 0. The Kier molecular flexibility index (Phi) is 3.83. The monoisotopic (exact) mass is 350 g/mol. The Morgan fingerprint density at radius 1 is 0.889 bits per heavy atom. The molecule has 2 heterocycles. The summed E-state index contributed by atoms with van der Waals surface area (Å²) in [5.41, 5.74) is 7.62. The van der Waals surface area contributed by atoms with Crippen LogP contribution in [0.15, 0.2) is 60.7 Å². The zero-order valence-electron chi connectivity index (χ0n) is 15.4. The second-order valence-corrected chi connectivity index (χ2v) is 7.22. The van der Waals surface area contributed by atoms with Crippen LogP contribution in [0.2, 0.25) is 0 Å². The van der Waals surface area contributed by atoms with Crippen LogP contribution >= 0.6 is 0 Å². The Bertz CT molecular complexity index is 1210. The molecule has 3 aromatic rings. The average Bonchev–Trinajstić information content (AvgIpc) is 2.91. The molecule has 0 spiro atoms. The van der Waals surface area contributed by atoms with Gasteiger partial charge in [0.1, 0.15) is 5.82 Å². The maximum Gasteiger partial charge on any atom is 0.111 e. The van der Waals surface area contributed by atoms with Crippen LogP contribution in [0.4, 0.5) is 5.82 Å². The van der Waals surface area contributed by atoms with Crippen LogP contribution in [0.5, 0.6) is 0 Å². The van der Waals surface area contributed by atoms with E-state index in [9.17, 15) is 0 Å². The van der Waals surface area contributed by atoms with Gasteiger partial charge in [-0.2, -0.15) is 0 Å². The van der Waals surface area contributed by atoms with E-state index in [1.807, 2.05) is 0 Å². The summed E-state index contributed by atoms with van der Waals surface area (Å²) < 4.78 is 0. The Balaban J connectivity index is 1.61. The van der Waals surface area contributed by atoms with E-state index in [2.05, 4.69) is 96.1 Å². The van der Waals surface area contributed by atoms with Gasteiger partial charge in [0.25, 0.3) is 0 Å². The van der Waals surface area contributed by atoms with Gasteiger partial charge in [0.15, 0.2) is 0 Å². The van der Waals surface area contributed by atoms with E-state index < -0.39 is 0 Å². The molecule has 1 aliphatic carbocycles. The molecule has 1 aliphatic heterocycles. The van der Waals surface area contributed by atoms with E-state index in [4.69, 9.17) is 0 Å². The van der Waals surface area contributed by atoms with Gasteiger partial charge in [-0.15, -0.1) is 0 Å². The highest BCUT2D eigenvalue weighted by Crippen LogP contribution is 2.26. The molecule has 0 atom stereocenters. The van der Waals surface area contributed by atoms with E-state index in [0.717, 1.165) is 18.8 Å². The quantitative estimate of drug-likeness (QED) is 0.701. The Morgan fingerprint density at radius 2 is 1.70 bits per heavy atom. The van der Waals surface area contributed by atoms with Gasteiger partial charge in [0.2, 0.25) is 0 Å². The van der Waals surface area contributed by atoms with Crippen molar-refractivity contribution in [1.29, 1.82) is 0 Å². The third-order valence-electron chi connectivity index (χ3n) is 5.30. The first-order valence-corrected chi connectivity index (χ1v) is 9.50. The van der Waals surface area contributed by atoms with Crippen LogP contribution < -0.4 is 15.9 Å². The predicted molar refractivity (Wildman–Crippen MR) is 116 cm³/mol. The molecular weight excluding hydrogens is 328 g/mol. The van der Waals surface area contributed by atoms with Crippen molar-refractivity contribution in [2.24, 2.45) is 0 Å². The van der Waals surface area contributed by atoms with Crippen LogP contribution in [0.3, 0.4) is 0 Å². The van der Waals surface area contributed by atoms with Gasteiger partial charge in [-0.25, -0.2) is 0 Å². The first-order valence-electron chi connectivity index (χ1n) is 9.50. The SMILES string of the molecule is Cc1cccc(-c2cccc(C3=CCC=c4[nH]c5c(c4=C3)C=CCN5)c2)c1. The zero-order chi connectivity index (χ0) is 18.2. The number of nitrogens with one attached hydrogen (secondary N) is 2. The van der Waals surface area contributed by atoms with Crippen LogP contribution in [-0.2, 0) is 0 Å². The minimum absolute atomic E-state index is 0.883. The van der Waals surface area contributed by atoms with Crippen molar-refractivity contribution in [3.05, 3.63) is 87.9 Å². The van der Waals surface area contributed by atoms with E-state index >= 15 is 0 Å². The number of aromatic nitrogens is 1. The molecule has 0 fully saturated rings. The van der Waals surface area contributed by atoms with Crippen LogP contribution in [0.25, 0.3) is 34.9 Å². The Hall–Kier alpha value is -3.26. The number of allylic oxidation sites excluding steroid dienone is 2. The van der Waals surface area contributed by atoms with Gasteiger partial charge in [-0.05, 0) is 47.8 Å². The highest BCUT2D eigenvalue weighted by Gasteiger charge is 2.11. The summed E-state index contributed by atoms with van der Waals surface area (Å²) in [5.74, 6) is 1.13. The highest BCUT2D eigenvalue weighted by molar-refractivity contribution is 5.92. The summed E-state index contributed by atoms with van der Waals surface area (Å²) in [6, 6.07) is 17.6. The highest BCUT2D eigenvalue weighted by atomic mass is 15.0. The fourth-order valence-corrected chi connectivity index (χ4v) is 3.94. The number of aryl methyl sites for hydroxylation is 1. The van der Waals surface area contributed by atoms with E-state index in [1.54, 1.807) is 0 Å². The molecule has 0 amide bonds. The molecule has 132 valence electrons. The average molecular weight is 350 g/mol. The lowest BCUT2D eigenvalue weighted by molar-refractivity contribution is 1.22. The molecule has 0 saturated heterocycles. The maximum atomic E-state index is 3.53. The van der Waals surface area contributed by atoms with Crippen molar-refractivity contribution in [1.82, 2.24) is 4.98 Å². The first kappa shape index (κ1) is 16.0. The standard InChI is InChI=1S/C25H22N2/c1-17-6-2-7-18(14-17)19-8-3-9-20(15-19)21-10-4-12-24-23(16-21)22-11-5-13-26-25(22)27-24/h2-3,5-12,14-16,26-27H,4,13H2,1H3. The zero-order valence-corrected chi connectivity index (χ0v) is 15.4. The van der Waals surface area contributed by atoms with E-state index in [1.165, 1.54) is 44.0 Å². The number of hydrogen-bond acceptors (Lipinski definition) is 1. The van der Waals surface area contributed by atoms with Crippen LogP contribution in [0, 0.1) is 6.92 Å². The summed E-state index contributed by atoms with van der Waals surface area (Å²) in [4.78, 5) is 3.53. The molecule has 2 aliphatic rings. The smallest absolute Gasteiger partial charge is 0.111 e. The third kappa shape index (κ3) is 2.93. The van der Waals surface area contributed by atoms with Crippen molar-refractivity contribution >= 4 is 29.6 Å². The fraction of sp³-hybridized carbons (Fsp3) is 0.120. The number of benzene rings is 2. The predicted octanol–water partition coefficient (Wildman–Crippen LogP) is 4.48. The fourth-order valence-electron chi connectivity index (χ4n) is 3.94. The molecule has 2 nitrogen and oxygen atoms in total. The molecule has 0 saturated carbocycles. The molecular formula is C25H22N2. The van der Waals surface area contributed by atoms with Gasteiger partial charge in [0, 0.05) is 22.7 Å². The largest absolute Gasteiger partial charge is 0.368 e. The third-order valence-corrected chi connectivity index (χ3v) is 5.30. The lowest BCUT2D eigenvalue weighted by Gasteiger charge is -2.09. The van der Waals surface area contributed by atoms with E-state index in [-0.39, 0.29) is 0 Å². The molecule has 1 aromatic heterocycles. The molecule has 5 rings (SSSR count). The van der Waals surface area contributed by atoms with Crippen LogP contribution in [0.1, 0.15) is 23.1 Å². The Labute approximate surface area is 159 Å². The second kappa shape index (κ2) is 6.48. The minimum Gasteiger partial charge on any atom is -0.368 e. The molecule has 27 heavy (non-hydrogen) atoms. The van der Waals surface area contributed by atoms with Gasteiger partial charge >= 0.3 is 0 Å². The van der Waals surface area contributed by atoms with Crippen molar-refractivity contribution in [2.45, 2.75) is 13.3 Å². The van der Waals surface area contributed by atoms with Gasteiger partial charge in [-0.3, -0.25) is 0 Å². The van der Waals surface area contributed by atoms with Crippen molar-refractivity contribution in [3.8, 4) is 11.1 Å². The van der Waals surface area contributed by atoms with Crippen molar-refractivity contribution < 1.29 is 0 Å². The van der Waals surface area contributed by atoms with Gasteiger partial charge in [-0.1, -0.05) is 72.3 Å². The Morgan fingerprint density at radius 3 is 2.59 bits per heavy atom. The summed E-state index contributed by atoms with van der Waals surface area (Å²) in [5, 5.41) is 5.91. The lowest BCUT2D eigenvalue weighted by Crippen LogP contribution is -2.23. The van der Waals surface area contributed by atoms with Gasteiger partial charge < -0.3 is 10.3 Å². The number of rotatable bonds is 2. The topological polar surface area (TPSA) is 27.8 Å². The first-order chi connectivity index (χ1) is 13.3. The number of aromatic amines is 1. The second-order valence-electron chi connectivity index (χ2n) is 7.22.